The van der Waals surface area contributed by atoms with E-state index in [-0.39, 0.29) is 18.4 Å². The zero-order chi connectivity index (χ0) is 10.6. The molecule has 0 saturated carbocycles. The highest BCUT2D eigenvalue weighted by Crippen LogP contribution is 2.17. The first-order valence-electron chi connectivity index (χ1n) is 5.05. The molecule has 0 bridgehead atoms. The quantitative estimate of drug-likeness (QED) is 0.665. The normalized spacial score (nSPS) is 27.7. The van der Waals surface area contributed by atoms with Crippen LogP contribution < -0.4 is 5.32 Å². The van der Waals surface area contributed by atoms with Gasteiger partial charge in [0, 0.05) is 6.61 Å². The van der Waals surface area contributed by atoms with Crippen LogP contribution in [-0.2, 0) is 9.84 Å². The highest BCUT2D eigenvalue weighted by Gasteiger charge is 2.27. The Kier molecular flexibility index (Phi) is 4.34. The number of rotatable bonds is 5. The summed E-state index contributed by atoms with van der Waals surface area (Å²) in [6.45, 7) is 3.64. The van der Waals surface area contributed by atoms with Crippen molar-refractivity contribution in [3.8, 4) is 0 Å². The van der Waals surface area contributed by atoms with Crippen LogP contribution in [0, 0.1) is 11.8 Å². The van der Waals surface area contributed by atoms with E-state index in [1.54, 1.807) is 0 Å². The Morgan fingerprint density at radius 3 is 2.79 bits per heavy atom. The van der Waals surface area contributed by atoms with E-state index < -0.39 is 9.84 Å². The fourth-order valence-electron chi connectivity index (χ4n) is 1.63. The van der Waals surface area contributed by atoms with E-state index >= 15 is 0 Å². The van der Waals surface area contributed by atoms with Crippen molar-refractivity contribution in [3.05, 3.63) is 0 Å². The third-order valence-electron chi connectivity index (χ3n) is 2.56. The van der Waals surface area contributed by atoms with Crippen LogP contribution in [0.1, 0.15) is 13.3 Å². The number of aliphatic hydroxyl groups is 1. The first-order chi connectivity index (χ1) is 6.53. The molecule has 0 aliphatic carbocycles. The average molecular weight is 221 g/mol. The van der Waals surface area contributed by atoms with Gasteiger partial charge in [-0.25, -0.2) is 8.42 Å². The standard InChI is InChI=1S/C9H19NO3S/c1-8(6-11)4-10-5-9-2-3-14(12,13)7-9/h8-11H,2-7H2,1H3. The third kappa shape index (κ3) is 3.94. The molecule has 2 N–H and O–H groups in total. The van der Waals surface area contributed by atoms with E-state index in [0.29, 0.717) is 11.5 Å². The Bertz CT molecular complexity index is 263. The lowest BCUT2D eigenvalue weighted by Crippen LogP contribution is -2.29. The van der Waals surface area contributed by atoms with Gasteiger partial charge in [0.05, 0.1) is 11.5 Å². The Morgan fingerprint density at radius 1 is 1.57 bits per heavy atom. The fourth-order valence-corrected chi connectivity index (χ4v) is 3.49. The highest BCUT2D eigenvalue weighted by molar-refractivity contribution is 7.91. The summed E-state index contributed by atoms with van der Waals surface area (Å²) in [4.78, 5) is 0. The van der Waals surface area contributed by atoms with Gasteiger partial charge in [-0.1, -0.05) is 6.92 Å². The van der Waals surface area contributed by atoms with Gasteiger partial charge in [0.15, 0.2) is 9.84 Å². The van der Waals surface area contributed by atoms with Gasteiger partial charge in [-0.15, -0.1) is 0 Å². The first-order valence-corrected chi connectivity index (χ1v) is 6.87. The van der Waals surface area contributed by atoms with Crippen LogP contribution in [0.4, 0.5) is 0 Å². The molecular weight excluding hydrogens is 202 g/mol. The molecule has 84 valence electrons. The number of aliphatic hydroxyl groups excluding tert-OH is 1. The number of nitrogens with one attached hydrogen (secondary N) is 1. The molecule has 1 aliphatic rings. The summed E-state index contributed by atoms with van der Waals surface area (Å²) in [6, 6.07) is 0. The highest BCUT2D eigenvalue weighted by atomic mass is 32.2. The van der Waals surface area contributed by atoms with Crippen molar-refractivity contribution in [2.45, 2.75) is 13.3 Å². The minimum absolute atomic E-state index is 0.177. The molecule has 0 radical (unpaired) electrons. The molecule has 1 aliphatic heterocycles. The second-order valence-corrected chi connectivity index (χ2v) is 6.44. The largest absolute Gasteiger partial charge is 0.396 e. The van der Waals surface area contributed by atoms with Crippen LogP contribution in [-0.4, -0.2) is 44.7 Å². The van der Waals surface area contributed by atoms with Crippen LogP contribution in [0.2, 0.25) is 0 Å². The van der Waals surface area contributed by atoms with E-state index in [0.717, 1.165) is 19.5 Å². The van der Waals surface area contributed by atoms with Gasteiger partial charge >= 0.3 is 0 Å². The van der Waals surface area contributed by atoms with Gasteiger partial charge in [0.2, 0.25) is 0 Å². The van der Waals surface area contributed by atoms with Gasteiger partial charge in [-0.05, 0) is 31.3 Å². The van der Waals surface area contributed by atoms with E-state index in [4.69, 9.17) is 5.11 Å². The molecule has 0 aromatic carbocycles. The molecule has 1 rings (SSSR count). The van der Waals surface area contributed by atoms with Crippen molar-refractivity contribution >= 4 is 9.84 Å². The second-order valence-electron chi connectivity index (χ2n) is 4.22. The summed E-state index contributed by atoms with van der Waals surface area (Å²) in [6.07, 6.45) is 0.781. The van der Waals surface area contributed by atoms with Crippen molar-refractivity contribution in [1.29, 1.82) is 0 Å². The lowest BCUT2D eigenvalue weighted by molar-refractivity contribution is 0.232. The topological polar surface area (TPSA) is 66.4 Å². The molecule has 1 saturated heterocycles. The maximum atomic E-state index is 11.1. The van der Waals surface area contributed by atoms with Gasteiger partial charge in [0.1, 0.15) is 0 Å². The molecule has 0 amide bonds. The molecule has 5 heteroatoms. The second kappa shape index (κ2) is 5.09. The van der Waals surface area contributed by atoms with Crippen LogP contribution in [0.3, 0.4) is 0 Å². The van der Waals surface area contributed by atoms with Crippen LogP contribution in [0.15, 0.2) is 0 Å². The molecule has 4 nitrogen and oxygen atoms in total. The summed E-state index contributed by atoms with van der Waals surface area (Å²) >= 11 is 0. The Labute approximate surface area is 85.6 Å². The summed E-state index contributed by atoms with van der Waals surface area (Å²) in [5.41, 5.74) is 0. The molecule has 0 spiro atoms. The molecule has 2 atom stereocenters. The molecular formula is C9H19NO3S. The summed E-state index contributed by atoms with van der Waals surface area (Å²) in [5, 5.41) is 12.0. The van der Waals surface area contributed by atoms with Crippen molar-refractivity contribution < 1.29 is 13.5 Å². The van der Waals surface area contributed by atoms with E-state index in [1.165, 1.54) is 0 Å². The van der Waals surface area contributed by atoms with Crippen molar-refractivity contribution in [2.75, 3.05) is 31.2 Å². The molecule has 0 aromatic rings. The molecule has 2 unspecified atom stereocenters. The molecule has 1 heterocycles. The zero-order valence-corrected chi connectivity index (χ0v) is 9.39. The monoisotopic (exact) mass is 221 g/mol. The van der Waals surface area contributed by atoms with E-state index in [2.05, 4.69) is 5.32 Å². The predicted octanol–water partition coefficient (Wildman–Crippen LogP) is -0.361. The van der Waals surface area contributed by atoms with Crippen LogP contribution in [0.5, 0.6) is 0 Å². The maximum Gasteiger partial charge on any atom is 0.150 e. The minimum atomic E-state index is -2.74. The van der Waals surface area contributed by atoms with Crippen molar-refractivity contribution in [3.63, 3.8) is 0 Å². The Morgan fingerprint density at radius 2 is 2.29 bits per heavy atom. The zero-order valence-electron chi connectivity index (χ0n) is 8.57. The smallest absolute Gasteiger partial charge is 0.150 e. The van der Waals surface area contributed by atoms with Gasteiger partial charge in [0.25, 0.3) is 0 Å². The Hall–Kier alpha value is -0.130. The predicted molar refractivity (Wildman–Crippen MR) is 55.9 cm³/mol. The minimum Gasteiger partial charge on any atom is -0.396 e. The SMILES string of the molecule is CC(CO)CNCC1CCS(=O)(=O)C1. The maximum absolute atomic E-state index is 11.1. The molecule has 1 fully saturated rings. The number of hydrogen-bond acceptors (Lipinski definition) is 4. The van der Waals surface area contributed by atoms with Crippen LogP contribution >= 0.6 is 0 Å². The Balaban J connectivity index is 2.15. The number of sulfone groups is 1. The molecule has 14 heavy (non-hydrogen) atoms. The lowest BCUT2D eigenvalue weighted by atomic mass is 10.1. The average Bonchev–Trinajstić information content (AvgIpc) is 2.45. The third-order valence-corrected chi connectivity index (χ3v) is 4.40. The van der Waals surface area contributed by atoms with E-state index in [9.17, 15) is 8.42 Å². The van der Waals surface area contributed by atoms with E-state index in [1.807, 2.05) is 6.92 Å². The van der Waals surface area contributed by atoms with Gasteiger partial charge < -0.3 is 10.4 Å². The first kappa shape index (κ1) is 11.9. The summed E-state index contributed by atoms with van der Waals surface area (Å²) in [7, 11) is -2.74. The fraction of sp³-hybridized carbons (Fsp3) is 1.00. The lowest BCUT2D eigenvalue weighted by Gasteiger charge is -2.12. The number of hydrogen-bond donors (Lipinski definition) is 2. The molecule has 0 aromatic heterocycles. The summed E-state index contributed by atoms with van der Waals surface area (Å²) in [5.74, 6) is 1.18. The van der Waals surface area contributed by atoms with Gasteiger partial charge in [-0.3, -0.25) is 0 Å². The van der Waals surface area contributed by atoms with Crippen molar-refractivity contribution in [1.82, 2.24) is 5.32 Å². The van der Waals surface area contributed by atoms with Gasteiger partial charge in [-0.2, -0.15) is 0 Å². The summed E-state index contributed by atoms with van der Waals surface area (Å²) < 4.78 is 22.3. The van der Waals surface area contributed by atoms with Crippen molar-refractivity contribution in [2.24, 2.45) is 11.8 Å². The van der Waals surface area contributed by atoms with Crippen LogP contribution in [0.25, 0.3) is 0 Å².